The van der Waals surface area contributed by atoms with Crippen LogP contribution in [0.4, 0.5) is 0 Å². The van der Waals surface area contributed by atoms with Crippen LogP contribution in [0.15, 0.2) is 0 Å². The predicted octanol–water partition coefficient (Wildman–Crippen LogP) is 2.73. The molecule has 0 aromatic heterocycles. The number of hydrogen-bond acceptors (Lipinski definition) is 1. The van der Waals surface area contributed by atoms with E-state index in [1.165, 1.54) is 0 Å². The molecule has 0 aromatic carbocycles. The highest BCUT2D eigenvalue weighted by molar-refractivity contribution is 6.48. The summed E-state index contributed by atoms with van der Waals surface area (Å²) in [5, 5.41) is 8.45. The average molecular weight is 185 g/mol. The van der Waals surface area contributed by atoms with Crippen LogP contribution in [0, 0.1) is 0 Å². The number of halogens is 2. The van der Waals surface area contributed by atoms with Crippen LogP contribution in [0.25, 0.3) is 0 Å². The van der Waals surface area contributed by atoms with Gasteiger partial charge in [-0.1, -0.05) is 6.92 Å². The van der Waals surface area contributed by atoms with E-state index in [1.807, 2.05) is 6.92 Å². The Hall–Kier alpha value is 0.540. The highest BCUT2D eigenvalue weighted by Gasteiger charge is 2.19. The van der Waals surface area contributed by atoms with Gasteiger partial charge in [-0.2, -0.15) is 0 Å². The fourth-order valence-electron chi connectivity index (χ4n) is 0.672. The third kappa shape index (κ3) is 5.33. The fourth-order valence-corrected chi connectivity index (χ4v) is 0.939. The van der Waals surface area contributed by atoms with E-state index in [1.54, 1.807) is 0 Å². The summed E-state index contributed by atoms with van der Waals surface area (Å²) in [6.07, 6.45) is 3.23. The first kappa shape index (κ1) is 10.5. The van der Waals surface area contributed by atoms with Gasteiger partial charge >= 0.3 is 0 Å². The van der Waals surface area contributed by atoms with Gasteiger partial charge in [0, 0.05) is 6.61 Å². The molecule has 1 nitrogen and oxygen atoms in total. The zero-order valence-electron chi connectivity index (χ0n) is 6.24. The van der Waals surface area contributed by atoms with E-state index in [-0.39, 0.29) is 6.61 Å². The molecule has 0 atom stereocenters. The Bertz CT molecular complexity index is 83.7. The monoisotopic (exact) mass is 184 g/mol. The molecular formula is C7H14Cl2O. The van der Waals surface area contributed by atoms with Gasteiger partial charge in [0.2, 0.25) is 0 Å². The number of alkyl halides is 2. The Morgan fingerprint density at radius 1 is 1.30 bits per heavy atom. The Balaban J connectivity index is 3.28. The van der Waals surface area contributed by atoms with E-state index in [9.17, 15) is 0 Å². The summed E-state index contributed by atoms with van der Waals surface area (Å²) in [6, 6.07) is 0. The number of hydrogen-bond donors (Lipinski definition) is 1. The van der Waals surface area contributed by atoms with Crippen LogP contribution in [0.2, 0.25) is 0 Å². The zero-order valence-corrected chi connectivity index (χ0v) is 7.75. The standard InChI is InChI=1S/C7H14Cl2O/c1-2-7(8,9)5-3-4-6-10/h10H,2-6H2,1H3. The zero-order chi connectivity index (χ0) is 8.04. The van der Waals surface area contributed by atoms with Crippen molar-refractivity contribution in [3.63, 3.8) is 0 Å². The second kappa shape index (κ2) is 5.22. The Kier molecular flexibility index (Phi) is 5.51. The Morgan fingerprint density at radius 3 is 2.30 bits per heavy atom. The van der Waals surface area contributed by atoms with Crippen molar-refractivity contribution in [2.24, 2.45) is 0 Å². The number of aliphatic hydroxyl groups excluding tert-OH is 1. The molecule has 0 heterocycles. The quantitative estimate of drug-likeness (QED) is 0.515. The van der Waals surface area contributed by atoms with Gasteiger partial charge in [-0.3, -0.25) is 0 Å². The average Bonchev–Trinajstić information content (AvgIpc) is 1.89. The molecule has 3 heteroatoms. The molecule has 0 amide bonds. The minimum atomic E-state index is -0.574. The van der Waals surface area contributed by atoms with Crippen molar-refractivity contribution in [3.05, 3.63) is 0 Å². The summed E-state index contributed by atoms with van der Waals surface area (Å²) >= 11 is 11.7. The minimum Gasteiger partial charge on any atom is -0.396 e. The molecule has 0 radical (unpaired) electrons. The molecule has 0 aromatic rings. The highest BCUT2D eigenvalue weighted by atomic mass is 35.5. The molecule has 0 unspecified atom stereocenters. The number of aliphatic hydroxyl groups is 1. The summed E-state index contributed by atoms with van der Waals surface area (Å²) in [6.45, 7) is 2.19. The van der Waals surface area contributed by atoms with E-state index in [0.29, 0.717) is 0 Å². The van der Waals surface area contributed by atoms with E-state index in [0.717, 1.165) is 25.7 Å². The lowest BCUT2D eigenvalue weighted by Gasteiger charge is -2.15. The van der Waals surface area contributed by atoms with Crippen LogP contribution in [-0.4, -0.2) is 16.0 Å². The lowest BCUT2D eigenvalue weighted by molar-refractivity contribution is 0.282. The van der Waals surface area contributed by atoms with Crippen molar-refractivity contribution in [1.29, 1.82) is 0 Å². The van der Waals surface area contributed by atoms with Crippen molar-refractivity contribution in [2.45, 2.75) is 36.9 Å². The maximum atomic E-state index is 8.45. The van der Waals surface area contributed by atoms with Crippen LogP contribution in [0.3, 0.4) is 0 Å². The van der Waals surface area contributed by atoms with E-state index in [2.05, 4.69) is 0 Å². The van der Waals surface area contributed by atoms with Crippen molar-refractivity contribution in [3.8, 4) is 0 Å². The Morgan fingerprint density at radius 2 is 1.90 bits per heavy atom. The topological polar surface area (TPSA) is 20.2 Å². The van der Waals surface area contributed by atoms with E-state index in [4.69, 9.17) is 28.3 Å². The maximum absolute atomic E-state index is 8.45. The molecule has 0 aliphatic rings. The van der Waals surface area contributed by atoms with Crippen LogP contribution < -0.4 is 0 Å². The first-order valence-corrected chi connectivity index (χ1v) is 4.36. The summed E-state index contributed by atoms with van der Waals surface area (Å²) < 4.78 is -0.574. The molecule has 1 N–H and O–H groups in total. The van der Waals surface area contributed by atoms with Gasteiger partial charge in [-0.05, 0) is 25.7 Å². The van der Waals surface area contributed by atoms with Gasteiger partial charge in [0.1, 0.15) is 4.33 Å². The largest absolute Gasteiger partial charge is 0.396 e. The Labute approximate surface area is 72.3 Å². The van der Waals surface area contributed by atoms with Gasteiger partial charge in [-0.15, -0.1) is 23.2 Å². The van der Waals surface area contributed by atoms with E-state index >= 15 is 0 Å². The van der Waals surface area contributed by atoms with Crippen molar-refractivity contribution in [1.82, 2.24) is 0 Å². The van der Waals surface area contributed by atoms with Gasteiger partial charge < -0.3 is 5.11 Å². The molecular weight excluding hydrogens is 171 g/mol. The summed E-state index contributed by atoms with van der Waals surface area (Å²) in [7, 11) is 0. The number of unbranched alkanes of at least 4 members (excludes halogenated alkanes) is 1. The van der Waals surface area contributed by atoms with Crippen LogP contribution in [-0.2, 0) is 0 Å². The molecule has 0 bridgehead atoms. The molecule has 62 valence electrons. The predicted molar refractivity (Wildman–Crippen MR) is 45.7 cm³/mol. The van der Waals surface area contributed by atoms with E-state index < -0.39 is 4.33 Å². The minimum absolute atomic E-state index is 0.230. The van der Waals surface area contributed by atoms with Crippen molar-refractivity contribution in [2.75, 3.05) is 6.61 Å². The third-order valence-electron chi connectivity index (χ3n) is 1.47. The third-order valence-corrected chi connectivity index (χ3v) is 2.38. The van der Waals surface area contributed by atoms with Crippen LogP contribution >= 0.6 is 23.2 Å². The first-order valence-electron chi connectivity index (χ1n) is 3.61. The summed E-state index contributed by atoms with van der Waals surface area (Å²) in [5.74, 6) is 0. The van der Waals surface area contributed by atoms with Gasteiger partial charge in [0.25, 0.3) is 0 Å². The summed E-state index contributed by atoms with van der Waals surface area (Å²) in [5.41, 5.74) is 0. The summed E-state index contributed by atoms with van der Waals surface area (Å²) in [4.78, 5) is 0. The molecule has 0 saturated heterocycles. The lowest BCUT2D eigenvalue weighted by Crippen LogP contribution is -2.10. The lowest BCUT2D eigenvalue weighted by atomic mass is 10.1. The molecule has 0 aliphatic heterocycles. The van der Waals surface area contributed by atoms with Gasteiger partial charge in [-0.25, -0.2) is 0 Å². The molecule has 0 saturated carbocycles. The second-order valence-electron chi connectivity index (χ2n) is 2.39. The van der Waals surface area contributed by atoms with Gasteiger partial charge in [0.05, 0.1) is 0 Å². The molecule has 0 spiro atoms. The molecule has 0 aliphatic carbocycles. The van der Waals surface area contributed by atoms with Gasteiger partial charge in [0.15, 0.2) is 0 Å². The second-order valence-corrected chi connectivity index (χ2v) is 4.03. The van der Waals surface area contributed by atoms with Crippen molar-refractivity contribution >= 4 is 23.2 Å². The normalized spacial score (nSPS) is 12.0. The molecule has 0 rings (SSSR count). The van der Waals surface area contributed by atoms with Crippen LogP contribution in [0.5, 0.6) is 0 Å². The SMILES string of the molecule is CCC(Cl)(Cl)CCCCO. The first-order chi connectivity index (χ1) is 4.62. The maximum Gasteiger partial charge on any atom is 0.118 e. The fraction of sp³-hybridized carbons (Fsp3) is 1.00. The van der Waals surface area contributed by atoms with Crippen LogP contribution in [0.1, 0.15) is 32.6 Å². The molecule has 0 fully saturated rings. The highest BCUT2D eigenvalue weighted by Crippen LogP contribution is 2.30. The number of rotatable bonds is 5. The molecule has 10 heavy (non-hydrogen) atoms. The van der Waals surface area contributed by atoms with Crippen molar-refractivity contribution < 1.29 is 5.11 Å². The smallest absolute Gasteiger partial charge is 0.118 e.